The number of sulfonamides is 1. The number of aryl methyl sites for hydroxylation is 2. The Balaban J connectivity index is 1.79. The smallest absolute Gasteiger partial charge is 0.264 e. The summed E-state index contributed by atoms with van der Waals surface area (Å²) in [7, 11) is -2.59. The lowest BCUT2D eigenvalue weighted by atomic mass is 10.0. The van der Waals surface area contributed by atoms with Crippen molar-refractivity contribution in [2.45, 2.75) is 57.5 Å². The standard InChI is InChI=1S/C37H43N3O5S/c1-5-6-23-38-37(42)35(25-30-11-8-7-9-12-30)39(26-31-13-10-14-33(24-31)45-4)36(41)27-40(32-19-15-28(2)16-20-32)46(43,44)34-21-17-29(3)18-22-34/h7-22,24,35H,5-6,23,25-27H2,1-4H3,(H,38,42). The van der Waals surface area contributed by atoms with Crippen molar-refractivity contribution in [2.75, 3.05) is 24.5 Å². The van der Waals surface area contributed by atoms with Gasteiger partial charge in [0.15, 0.2) is 0 Å². The topological polar surface area (TPSA) is 96.0 Å². The average Bonchev–Trinajstić information content (AvgIpc) is 3.06. The summed E-state index contributed by atoms with van der Waals surface area (Å²) in [6.45, 7) is 5.87. The molecule has 0 aliphatic heterocycles. The van der Waals surface area contributed by atoms with Crippen molar-refractivity contribution >= 4 is 27.5 Å². The third-order valence-corrected chi connectivity index (χ3v) is 9.59. The van der Waals surface area contributed by atoms with Crippen LogP contribution in [0.3, 0.4) is 0 Å². The molecule has 0 aromatic heterocycles. The molecule has 0 heterocycles. The van der Waals surface area contributed by atoms with Gasteiger partial charge in [0, 0.05) is 19.5 Å². The minimum Gasteiger partial charge on any atom is -0.497 e. The van der Waals surface area contributed by atoms with E-state index in [0.29, 0.717) is 18.0 Å². The summed E-state index contributed by atoms with van der Waals surface area (Å²) in [4.78, 5) is 30.0. The Morgan fingerprint density at radius 2 is 1.46 bits per heavy atom. The van der Waals surface area contributed by atoms with Gasteiger partial charge in [0.05, 0.1) is 17.7 Å². The Morgan fingerprint density at radius 3 is 2.09 bits per heavy atom. The number of benzene rings is 4. The van der Waals surface area contributed by atoms with Crippen LogP contribution in [0.25, 0.3) is 0 Å². The number of carbonyl (C=O) groups is 2. The quantitative estimate of drug-likeness (QED) is 0.159. The molecule has 46 heavy (non-hydrogen) atoms. The molecule has 4 aromatic carbocycles. The minimum atomic E-state index is -4.15. The number of hydrogen-bond acceptors (Lipinski definition) is 5. The molecule has 9 heteroatoms. The second-order valence-electron chi connectivity index (χ2n) is 11.4. The van der Waals surface area contributed by atoms with Gasteiger partial charge in [0.1, 0.15) is 18.3 Å². The van der Waals surface area contributed by atoms with Crippen molar-refractivity contribution in [1.29, 1.82) is 0 Å². The van der Waals surface area contributed by atoms with Gasteiger partial charge >= 0.3 is 0 Å². The highest BCUT2D eigenvalue weighted by atomic mass is 32.2. The number of methoxy groups -OCH3 is 1. The zero-order valence-corrected chi connectivity index (χ0v) is 27.8. The third kappa shape index (κ3) is 8.97. The van der Waals surface area contributed by atoms with E-state index >= 15 is 0 Å². The van der Waals surface area contributed by atoms with E-state index in [2.05, 4.69) is 5.32 Å². The molecule has 0 radical (unpaired) electrons. The molecule has 0 fully saturated rings. The summed E-state index contributed by atoms with van der Waals surface area (Å²) < 4.78 is 34.9. The van der Waals surface area contributed by atoms with E-state index in [1.807, 2.05) is 87.5 Å². The molecule has 0 aliphatic carbocycles. The molecule has 0 saturated carbocycles. The lowest BCUT2D eigenvalue weighted by Gasteiger charge is -2.34. The zero-order valence-electron chi connectivity index (χ0n) is 27.0. The van der Waals surface area contributed by atoms with Gasteiger partial charge in [0.25, 0.3) is 10.0 Å². The second-order valence-corrected chi connectivity index (χ2v) is 13.2. The predicted molar refractivity (Wildman–Crippen MR) is 182 cm³/mol. The van der Waals surface area contributed by atoms with Gasteiger partial charge < -0.3 is 15.0 Å². The SMILES string of the molecule is CCCCNC(=O)C(Cc1ccccc1)N(Cc1cccc(OC)c1)C(=O)CN(c1ccc(C)cc1)S(=O)(=O)c1ccc(C)cc1. The first kappa shape index (κ1) is 34.2. The maximum atomic E-state index is 14.6. The molecule has 8 nitrogen and oxygen atoms in total. The molecular formula is C37H43N3O5S. The number of rotatable bonds is 15. The van der Waals surface area contributed by atoms with Gasteiger partial charge in [-0.1, -0.05) is 91.2 Å². The predicted octanol–water partition coefficient (Wildman–Crippen LogP) is 6.06. The Morgan fingerprint density at radius 1 is 0.826 bits per heavy atom. The lowest BCUT2D eigenvalue weighted by molar-refractivity contribution is -0.140. The van der Waals surface area contributed by atoms with Gasteiger partial charge in [-0.25, -0.2) is 8.42 Å². The van der Waals surface area contributed by atoms with Crippen LogP contribution in [0.4, 0.5) is 5.69 Å². The Bertz CT molecular complexity index is 1690. The van der Waals surface area contributed by atoms with Gasteiger partial charge in [-0.15, -0.1) is 0 Å². The van der Waals surface area contributed by atoms with Gasteiger partial charge in [-0.2, -0.15) is 0 Å². The van der Waals surface area contributed by atoms with Crippen LogP contribution >= 0.6 is 0 Å². The number of anilines is 1. The highest BCUT2D eigenvalue weighted by Gasteiger charge is 2.34. The fourth-order valence-electron chi connectivity index (χ4n) is 5.10. The van der Waals surface area contributed by atoms with Crippen molar-refractivity contribution < 1.29 is 22.7 Å². The van der Waals surface area contributed by atoms with Crippen LogP contribution in [0, 0.1) is 13.8 Å². The molecule has 242 valence electrons. The van der Waals surface area contributed by atoms with Crippen molar-refractivity contribution in [2.24, 2.45) is 0 Å². The molecule has 1 N–H and O–H groups in total. The highest BCUT2D eigenvalue weighted by molar-refractivity contribution is 7.92. The third-order valence-electron chi connectivity index (χ3n) is 7.80. The molecule has 0 aliphatic rings. The highest BCUT2D eigenvalue weighted by Crippen LogP contribution is 2.26. The monoisotopic (exact) mass is 641 g/mol. The van der Waals surface area contributed by atoms with Crippen molar-refractivity contribution in [3.05, 3.63) is 125 Å². The van der Waals surface area contributed by atoms with E-state index < -0.39 is 28.5 Å². The lowest BCUT2D eigenvalue weighted by Crippen LogP contribution is -2.53. The summed E-state index contributed by atoms with van der Waals surface area (Å²) in [5.41, 5.74) is 3.85. The number of hydrogen-bond donors (Lipinski definition) is 1. The number of unbranched alkanes of at least 4 members (excludes halogenated alkanes) is 1. The van der Waals surface area contributed by atoms with Gasteiger partial charge in [-0.3, -0.25) is 13.9 Å². The van der Waals surface area contributed by atoms with E-state index in [4.69, 9.17) is 4.74 Å². The molecule has 4 rings (SSSR count). The molecule has 1 atom stereocenters. The van der Waals surface area contributed by atoms with Crippen LogP contribution in [0.15, 0.2) is 108 Å². The summed E-state index contributed by atoms with van der Waals surface area (Å²) in [6, 6.07) is 29.5. The van der Waals surface area contributed by atoms with E-state index in [1.54, 1.807) is 43.5 Å². The molecular weight excluding hydrogens is 598 g/mol. The first-order chi connectivity index (χ1) is 22.1. The number of nitrogens with one attached hydrogen (secondary N) is 1. The summed E-state index contributed by atoms with van der Waals surface area (Å²) in [6.07, 6.45) is 1.95. The number of amides is 2. The van der Waals surface area contributed by atoms with Gasteiger partial charge in [-0.05, 0) is 67.8 Å². The van der Waals surface area contributed by atoms with Crippen LogP contribution < -0.4 is 14.4 Å². The Labute approximate surface area is 273 Å². The van der Waals surface area contributed by atoms with Crippen LogP contribution in [0.2, 0.25) is 0 Å². The first-order valence-corrected chi connectivity index (χ1v) is 17.0. The number of carbonyl (C=O) groups excluding carboxylic acids is 2. The van der Waals surface area contributed by atoms with Crippen LogP contribution in [0.1, 0.15) is 42.0 Å². The van der Waals surface area contributed by atoms with E-state index in [-0.39, 0.29) is 23.8 Å². The molecule has 0 saturated heterocycles. The zero-order chi connectivity index (χ0) is 33.1. The maximum Gasteiger partial charge on any atom is 0.264 e. The van der Waals surface area contributed by atoms with Gasteiger partial charge in [0.2, 0.25) is 11.8 Å². The molecule has 1 unspecified atom stereocenters. The van der Waals surface area contributed by atoms with Crippen molar-refractivity contribution in [1.82, 2.24) is 10.2 Å². The summed E-state index contributed by atoms with van der Waals surface area (Å²) in [5, 5.41) is 3.01. The molecule has 0 spiro atoms. The first-order valence-electron chi connectivity index (χ1n) is 15.5. The van der Waals surface area contributed by atoms with E-state index in [1.165, 1.54) is 4.90 Å². The number of ether oxygens (including phenoxy) is 1. The van der Waals surface area contributed by atoms with Crippen molar-refractivity contribution in [3.8, 4) is 5.75 Å². The molecule has 4 aromatic rings. The fraction of sp³-hybridized carbons (Fsp3) is 0.297. The average molecular weight is 642 g/mol. The Hall–Kier alpha value is -4.63. The Kier molecular flexibility index (Phi) is 12.0. The van der Waals surface area contributed by atoms with E-state index in [0.717, 1.165) is 39.4 Å². The molecule has 2 amide bonds. The summed E-state index contributed by atoms with van der Waals surface area (Å²) in [5.74, 6) is -0.192. The largest absolute Gasteiger partial charge is 0.497 e. The normalized spacial score (nSPS) is 11.8. The summed E-state index contributed by atoms with van der Waals surface area (Å²) >= 11 is 0. The van der Waals surface area contributed by atoms with Crippen LogP contribution in [-0.4, -0.2) is 51.4 Å². The minimum absolute atomic E-state index is 0.0705. The van der Waals surface area contributed by atoms with Crippen molar-refractivity contribution in [3.63, 3.8) is 0 Å². The maximum absolute atomic E-state index is 14.6. The second kappa shape index (κ2) is 16.1. The number of nitrogens with zero attached hydrogens (tertiary/aromatic N) is 2. The fourth-order valence-corrected chi connectivity index (χ4v) is 6.52. The van der Waals surface area contributed by atoms with Crippen LogP contribution in [-0.2, 0) is 32.6 Å². The van der Waals surface area contributed by atoms with Crippen LogP contribution in [0.5, 0.6) is 5.75 Å². The molecule has 0 bridgehead atoms. The van der Waals surface area contributed by atoms with E-state index in [9.17, 15) is 18.0 Å².